The molecule has 0 saturated carbocycles. The van der Waals surface area contributed by atoms with Crippen LogP contribution in [0.25, 0.3) is 11.1 Å². The highest BCUT2D eigenvalue weighted by Crippen LogP contribution is 2.38. The van der Waals surface area contributed by atoms with Crippen LogP contribution in [0.15, 0.2) is 73.1 Å². The first-order valence-electron chi connectivity index (χ1n) is 11.2. The predicted molar refractivity (Wildman–Crippen MR) is 128 cm³/mol. The SMILES string of the molecule is CNC(=O)[C@@]1(Cc2ccccc2-c2cccnc2)CCCN(C(=O)c2ccccc2OC)C1. The summed E-state index contributed by atoms with van der Waals surface area (Å²) in [5, 5.41) is 2.86. The van der Waals surface area contributed by atoms with E-state index < -0.39 is 5.41 Å². The Morgan fingerprint density at radius 3 is 2.64 bits per heavy atom. The molecule has 33 heavy (non-hydrogen) atoms. The molecule has 2 amide bonds. The minimum absolute atomic E-state index is 0.0407. The Hall–Kier alpha value is -3.67. The highest BCUT2D eigenvalue weighted by molar-refractivity contribution is 5.97. The first-order chi connectivity index (χ1) is 16.1. The van der Waals surface area contributed by atoms with Crippen LogP contribution in [0.2, 0.25) is 0 Å². The van der Waals surface area contributed by atoms with Crippen molar-refractivity contribution in [2.75, 3.05) is 27.2 Å². The van der Waals surface area contributed by atoms with Crippen molar-refractivity contribution in [1.82, 2.24) is 15.2 Å². The average Bonchev–Trinajstić information content (AvgIpc) is 2.88. The van der Waals surface area contributed by atoms with Gasteiger partial charge in [0, 0.05) is 38.1 Å². The molecule has 4 rings (SSSR count). The largest absolute Gasteiger partial charge is 0.496 e. The van der Waals surface area contributed by atoms with Crippen LogP contribution in [0.1, 0.15) is 28.8 Å². The molecule has 1 aromatic heterocycles. The highest BCUT2D eigenvalue weighted by atomic mass is 16.5. The molecule has 170 valence electrons. The van der Waals surface area contributed by atoms with E-state index in [0.717, 1.165) is 23.1 Å². The van der Waals surface area contributed by atoms with E-state index in [1.54, 1.807) is 37.4 Å². The number of ether oxygens (including phenoxy) is 1. The molecule has 1 aliphatic heterocycles. The maximum atomic E-state index is 13.4. The smallest absolute Gasteiger partial charge is 0.257 e. The number of carbonyl (C=O) groups is 2. The Morgan fingerprint density at radius 1 is 1.09 bits per heavy atom. The number of piperidine rings is 1. The van der Waals surface area contributed by atoms with Crippen LogP contribution < -0.4 is 10.1 Å². The van der Waals surface area contributed by atoms with Gasteiger partial charge in [-0.15, -0.1) is 0 Å². The van der Waals surface area contributed by atoms with E-state index in [4.69, 9.17) is 4.74 Å². The normalized spacial score (nSPS) is 17.9. The van der Waals surface area contributed by atoms with E-state index in [1.807, 2.05) is 42.6 Å². The van der Waals surface area contributed by atoms with Gasteiger partial charge < -0.3 is 15.0 Å². The summed E-state index contributed by atoms with van der Waals surface area (Å²) in [6, 6.07) is 19.3. The van der Waals surface area contributed by atoms with Gasteiger partial charge in [-0.2, -0.15) is 0 Å². The van der Waals surface area contributed by atoms with Crippen molar-refractivity contribution in [1.29, 1.82) is 0 Å². The molecule has 0 unspecified atom stereocenters. The number of para-hydroxylation sites is 1. The molecule has 3 aromatic rings. The molecular weight excluding hydrogens is 414 g/mol. The second kappa shape index (κ2) is 9.86. The van der Waals surface area contributed by atoms with Gasteiger partial charge in [-0.3, -0.25) is 14.6 Å². The number of pyridine rings is 1. The summed E-state index contributed by atoms with van der Waals surface area (Å²) in [5.41, 5.74) is 2.94. The number of rotatable bonds is 6. The lowest BCUT2D eigenvalue weighted by atomic mass is 9.73. The zero-order valence-corrected chi connectivity index (χ0v) is 19.1. The van der Waals surface area contributed by atoms with Crippen molar-refractivity contribution >= 4 is 11.8 Å². The van der Waals surface area contributed by atoms with Crippen molar-refractivity contribution in [3.05, 3.63) is 84.2 Å². The Labute approximate surface area is 194 Å². The van der Waals surface area contributed by atoms with Crippen molar-refractivity contribution in [3.63, 3.8) is 0 Å². The lowest BCUT2D eigenvalue weighted by Gasteiger charge is -2.42. The molecule has 2 heterocycles. The molecule has 1 aliphatic rings. The van der Waals surface area contributed by atoms with E-state index in [2.05, 4.69) is 22.4 Å². The lowest BCUT2D eigenvalue weighted by Crippen LogP contribution is -2.54. The first kappa shape index (κ1) is 22.5. The summed E-state index contributed by atoms with van der Waals surface area (Å²) in [6.45, 7) is 0.963. The summed E-state index contributed by atoms with van der Waals surface area (Å²) in [6.07, 6.45) is 5.59. The van der Waals surface area contributed by atoms with Gasteiger partial charge >= 0.3 is 0 Å². The number of amides is 2. The third-order valence-electron chi connectivity index (χ3n) is 6.43. The third kappa shape index (κ3) is 4.60. The summed E-state index contributed by atoms with van der Waals surface area (Å²) < 4.78 is 5.41. The Balaban J connectivity index is 1.68. The Morgan fingerprint density at radius 2 is 1.88 bits per heavy atom. The molecule has 1 atom stereocenters. The standard InChI is InChI=1S/C27H29N3O3/c1-28-26(32)27(17-20-9-3-4-11-22(20)21-10-7-15-29-18-21)14-8-16-30(19-27)25(31)23-12-5-6-13-24(23)33-2/h3-7,9-13,15,18H,8,14,16-17,19H2,1-2H3,(H,28,32)/t27-/m1/s1. The van der Waals surface area contributed by atoms with Gasteiger partial charge in [0.15, 0.2) is 0 Å². The number of nitrogens with zero attached hydrogens (tertiary/aromatic N) is 2. The van der Waals surface area contributed by atoms with E-state index in [-0.39, 0.29) is 11.8 Å². The minimum Gasteiger partial charge on any atom is -0.496 e. The minimum atomic E-state index is -0.719. The van der Waals surface area contributed by atoms with E-state index >= 15 is 0 Å². The van der Waals surface area contributed by atoms with E-state index in [9.17, 15) is 9.59 Å². The molecule has 0 bridgehead atoms. The quantitative estimate of drug-likeness (QED) is 0.626. The zero-order valence-electron chi connectivity index (χ0n) is 19.1. The molecule has 0 aliphatic carbocycles. The average molecular weight is 444 g/mol. The number of nitrogens with one attached hydrogen (secondary N) is 1. The third-order valence-corrected chi connectivity index (χ3v) is 6.43. The van der Waals surface area contributed by atoms with Gasteiger partial charge in [-0.25, -0.2) is 0 Å². The Kier molecular flexibility index (Phi) is 6.73. The topological polar surface area (TPSA) is 71.5 Å². The second-order valence-electron chi connectivity index (χ2n) is 8.47. The molecule has 1 N–H and O–H groups in total. The molecule has 2 aromatic carbocycles. The van der Waals surface area contributed by atoms with Crippen LogP contribution >= 0.6 is 0 Å². The summed E-state index contributed by atoms with van der Waals surface area (Å²) in [7, 11) is 3.23. The van der Waals surface area contributed by atoms with Crippen LogP contribution in [0, 0.1) is 5.41 Å². The number of hydrogen-bond donors (Lipinski definition) is 1. The van der Waals surface area contributed by atoms with Crippen LogP contribution in [-0.4, -0.2) is 48.9 Å². The fourth-order valence-electron chi connectivity index (χ4n) is 4.81. The fraction of sp³-hybridized carbons (Fsp3) is 0.296. The van der Waals surface area contributed by atoms with E-state index in [1.165, 1.54) is 0 Å². The predicted octanol–water partition coefficient (Wildman–Crippen LogP) is 3.97. The summed E-state index contributed by atoms with van der Waals surface area (Å²) >= 11 is 0. The second-order valence-corrected chi connectivity index (χ2v) is 8.47. The maximum absolute atomic E-state index is 13.4. The van der Waals surface area contributed by atoms with Gasteiger partial charge in [0.2, 0.25) is 5.91 Å². The summed E-state index contributed by atoms with van der Waals surface area (Å²) in [5.74, 6) is 0.391. The molecule has 0 spiro atoms. The number of methoxy groups -OCH3 is 1. The van der Waals surface area contributed by atoms with Crippen molar-refractivity contribution in [2.24, 2.45) is 5.41 Å². The van der Waals surface area contributed by atoms with E-state index in [0.29, 0.717) is 37.2 Å². The summed E-state index contributed by atoms with van der Waals surface area (Å²) in [4.78, 5) is 32.8. The van der Waals surface area contributed by atoms with Gasteiger partial charge in [0.1, 0.15) is 5.75 Å². The van der Waals surface area contributed by atoms with Crippen molar-refractivity contribution in [3.8, 4) is 16.9 Å². The molecule has 1 saturated heterocycles. The molecular formula is C27H29N3O3. The number of carbonyl (C=O) groups excluding carboxylic acids is 2. The van der Waals surface area contributed by atoms with Gasteiger partial charge in [0.25, 0.3) is 5.91 Å². The van der Waals surface area contributed by atoms with Crippen molar-refractivity contribution in [2.45, 2.75) is 19.3 Å². The van der Waals surface area contributed by atoms with Gasteiger partial charge in [0.05, 0.1) is 18.1 Å². The van der Waals surface area contributed by atoms with Crippen LogP contribution in [0.4, 0.5) is 0 Å². The van der Waals surface area contributed by atoms with Gasteiger partial charge in [-0.05, 0) is 48.6 Å². The van der Waals surface area contributed by atoms with Crippen LogP contribution in [0.5, 0.6) is 5.75 Å². The maximum Gasteiger partial charge on any atom is 0.257 e. The van der Waals surface area contributed by atoms with Crippen LogP contribution in [-0.2, 0) is 11.2 Å². The molecule has 6 heteroatoms. The fourth-order valence-corrected chi connectivity index (χ4v) is 4.81. The molecule has 1 fully saturated rings. The molecule has 6 nitrogen and oxygen atoms in total. The van der Waals surface area contributed by atoms with Crippen LogP contribution in [0.3, 0.4) is 0 Å². The zero-order chi connectivity index (χ0) is 23.3. The van der Waals surface area contributed by atoms with Crippen molar-refractivity contribution < 1.29 is 14.3 Å². The van der Waals surface area contributed by atoms with Gasteiger partial charge in [-0.1, -0.05) is 42.5 Å². The number of hydrogen-bond acceptors (Lipinski definition) is 4. The Bertz CT molecular complexity index is 1130. The monoisotopic (exact) mass is 443 g/mol. The highest BCUT2D eigenvalue weighted by Gasteiger charge is 2.43. The number of aromatic nitrogens is 1. The lowest BCUT2D eigenvalue weighted by molar-refractivity contribution is -0.133. The first-order valence-corrected chi connectivity index (χ1v) is 11.2. The molecule has 0 radical (unpaired) electrons. The number of likely N-dealkylation sites (tertiary alicyclic amines) is 1. The number of benzene rings is 2.